The Labute approximate surface area is 181 Å². The molecule has 172 valence electrons. The van der Waals surface area contributed by atoms with Gasteiger partial charge in [0, 0.05) is 24.6 Å². The molecule has 1 atom stereocenters. The van der Waals surface area contributed by atoms with Crippen LogP contribution in [0.2, 0.25) is 65.0 Å². The summed E-state index contributed by atoms with van der Waals surface area (Å²) in [4.78, 5) is 11.0. The third kappa shape index (κ3) is 15.3. The maximum absolute atomic E-state index is 11.0. The third-order valence-electron chi connectivity index (χ3n) is 3.30. The highest BCUT2D eigenvalue weighted by Gasteiger charge is 2.49. The second-order valence-corrected chi connectivity index (χ2v) is 27.3. The van der Waals surface area contributed by atoms with E-state index >= 15 is 0 Å². The molecule has 7 nitrogen and oxygen atoms in total. The van der Waals surface area contributed by atoms with Crippen molar-refractivity contribution in [3.05, 3.63) is 12.2 Å². The Balaban J connectivity index is 4.98. The fourth-order valence-electron chi connectivity index (χ4n) is 2.67. The van der Waals surface area contributed by atoms with E-state index in [2.05, 4.69) is 65.5 Å². The SMILES string of the molecule is C=C(CC(O)COCCC[Si](O[Si](C)(C)C)(O[Si](C)(C)C)O[Si](C)(C)C)C(N)=O. The van der Waals surface area contributed by atoms with Crippen molar-refractivity contribution in [2.75, 3.05) is 13.2 Å². The van der Waals surface area contributed by atoms with E-state index in [0.717, 1.165) is 6.42 Å². The highest BCUT2D eigenvalue weighted by molar-refractivity contribution is 6.90. The van der Waals surface area contributed by atoms with Crippen LogP contribution in [0.4, 0.5) is 0 Å². The molecule has 0 aromatic heterocycles. The van der Waals surface area contributed by atoms with Crippen molar-refractivity contribution < 1.29 is 27.0 Å². The molecule has 0 bridgehead atoms. The molecular weight excluding hydrogens is 439 g/mol. The van der Waals surface area contributed by atoms with Crippen molar-refractivity contribution in [3.8, 4) is 0 Å². The molecule has 0 aliphatic carbocycles. The van der Waals surface area contributed by atoms with Crippen molar-refractivity contribution in [2.45, 2.75) is 83.9 Å². The molecular formula is C18H43NO6Si4. The van der Waals surface area contributed by atoms with Gasteiger partial charge in [-0.05, 0) is 65.3 Å². The van der Waals surface area contributed by atoms with Gasteiger partial charge in [-0.25, -0.2) is 0 Å². The molecule has 0 radical (unpaired) electrons. The fourth-order valence-corrected chi connectivity index (χ4v) is 17.3. The number of ether oxygens (including phenoxy) is 1. The lowest BCUT2D eigenvalue weighted by Crippen LogP contribution is -2.60. The number of primary amides is 1. The predicted molar refractivity (Wildman–Crippen MR) is 128 cm³/mol. The first-order valence-corrected chi connectivity index (χ1v) is 22.3. The van der Waals surface area contributed by atoms with Crippen molar-refractivity contribution in [2.24, 2.45) is 5.73 Å². The molecule has 0 aromatic rings. The van der Waals surface area contributed by atoms with Crippen molar-refractivity contribution in [3.63, 3.8) is 0 Å². The van der Waals surface area contributed by atoms with Gasteiger partial charge in [-0.2, -0.15) is 0 Å². The summed E-state index contributed by atoms with van der Waals surface area (Å²) in [6.07, 6.45) is 0.0334. The van der Waals surface area contributed by atoms with Gasteiger partial charge in [0.1, 0.15) is 0 Å². The van der Waals surface area contributed by atoms with E-state index in [4.69, 9.17) is 22.8 Å². The summed E-state index contributed by atoms with van der Waals surface area (Å²) < 4.78 is 25.5. The molecule has 0 spiro atoms. The minimum Gasteiger partial charge on any atom is -0.417 e. The molecule has 1 amide bonds. The predicted octanol–water partition coefficient (Wildman–Crippen LogP) is 3.68. The normalized spacial score (nSPS) is 14.7. The second-order valence-electron chi connectivity index (χ2n) is 10.3. The second kappa shape index (κ2) is 11.5. The van der Waals surface area contributed by atoms with Crippen molar-refractivity contribution >= 4 is 39.7 Å². The number of amides is 1. The summed E-state index contributed by atoms with van der Waals surface area (Å²) >= 11 is 0. The third-order valence-corrected chi connectivity index (χ3v) is 15.3. The smallest absolute Gasteiger partial charge is 0.417 e. The molecule has 1 unspecified atom stereocenters. The summed E-state index contributed by atoms with van der Waals surface area (Å²) in [5.41, 5.74) is 5.34. The molecule has 0 fully saturated rings. The van der Waals surface area contributed by atoms with Crippen LogP contribution in [0.15, 0.2) is 12.2 Å². The van der Waals surface area contributed by atoms with Crippen LogP contribution < -0.4 is 5.73 Å². The number of aliphatic hydroxyl groups excluding tert-OH is 1. The van der Waals surface area contributed by atoms with Crippen LogP contribution >= 0.6 is 0 Å². The molecule has 0 heterocycles. The van der Waals surface area contributed by atoms with Gasteiger partial charge in [-0.15, -0.1) is 0 Å². The summed E-state index contributed by atoms with van der Waals surface area (Å²) in [5, 5.41) is 9.94. The summed E-state index contributed by atoms with van der Waals surface area (Å²) in [5.74, 6) is -0.602. The van der Waals surface area contributed by atoms with E-state index < -0.39 is 45.8 Å². The van der Waals surface area contributed by atoms with Crippen LogP contribution in [0.1, 0.15) is 12.8 Å². The van der Waals surface area contributed by atoms with Gasteiger partial charge in [-0.1, -0.05) is 6.58 Å². The Morgan fingerprint density at radius 3 is 1.69 bits per heavy atom. The molecule has 0 aliphatic heterocycles. The largest absolute Gasteiger partial charge is 0.469 e. The van der Waals surface area contributed by atoms with Gasteiger partial charge in [0.05, 0.1) is 12.7 Å². The number of carbonyl (C=O) groups excluding carboxylic acids is 1. The van der Waals surface area contributed by atoms with Crippen molar-refractivity contribution in [1.29, 1.82) is 0 Å². The molecule has 0 saturated heterocycles. The zero-order chi connectivity index (χ0) is 23.1. The summed E-state index contributed by atoms with van der Waals surface area (Å²) in [6.45, 7) is 23.6. The highest BCUT2D eigenvalue weighted by Crippen LogP contribution is 2.29. The molecule has 0 saturated carbocycles. The minimum atomic E-state index is -2.85. The number of hydrogen-bond acceptors (Lipinski definition) is 6. The Bertz CT molecular complexity index is 499. The Morgan fingerprint density at radius 1 is 0.931 bits per heavy atom. The topological polar surface area (TPSA) is 100 Å². The standard InChI is InChI=1S/C18H43NO6Si4/c1-16(18(19)21)14-17(20)15-22-12-11-13-29(23-26(2,3)4,24-27(5,6)7)25-28(8,9)10/h17,20H,1,11-15H2,2-10H3,(H2,19,21). The zero-order valence-corrected chi connectivity index (χ0v) is 23.9. The maximum atomic E-state index is 11.0. The molecule has 3 N–H and O–H groups in total. The molecule has 0 aromatic carbocycles. The first-order valence-electron chi connectivity index (χ1n) is 10.2. The van der Waals surface area contributed by atoms with E-state index in [0.29, 0.717) is 12.7 Å². The zero-order valence-electron chi connectivity index (χ0n) is 19.9. The Hall–Kier alpha value is -0.122. The van der Waals surface area contributed by atoms with Crippen LogP contribution in [0.25, 0.3) is 0 Å². The lowest BCUT2D eigenvalue weighted by atomic mass is 10.1. The first kappa shape index (κ1) is 28.9. The maximum Gasteiger partial charge on any atom is 0.469 e. The number of hydrogen-bond donors (Lipinski definition) is 2. The van der Waals surface area contributed by atoms with Crippen LogP contribution in [0, 0.1) is 0 Å². The number of nitrogens with two attached hydrogens (primary N) is 1. The minimum absolute atomic E-state index is 0.115. The quantitative estimate of drug-likeness (QED) is 0.210. The molecule has 0 rings (SSSR count). The number of carbonyl (C=O) groups is 1. The summed E-state index contributed by atoms with van der Waals surface area (Å²) in [6, 6.07) is 0.690. The average Bonchev–Trinajstić information content (AvgIpc) is 2.40. The van der Waals surface area contributed by atoms with Gasteiger partial charge in [-0.3, -0.25) is 4.79 Å². The lowest BCUT2D eigenvalue weighted by Gasteiger charge is -2.42. The van der Waals surface area contributed by atoms with Crippen LogP contribution in [-0.2, 0) is 21.9 Å². The van der Waals surface area contributed by atoms with Gasteiger partial charge in [0.2, 0.25) is 5.91 Å². The van der Waals surface area contributed by atoms with Gasteiger partial charge < -0.3 is 27.9 Å². The fraction of sp³-hybridized carbons (Fsp3) is 0.833. The molecule has 11 heteroatoms. The van der Waals surface area contributed by atoms with Crippen molar-refractivity contribution in [1.82, 2.24) is 0 Å². The lowest BCUT2D eigenvalue weighted by molar-refractivity contribution is -0.115. The number of rotatable bonds is 15. The van der Waals surface area contributed by atoms with E-state index in [1.54, 1.807) is 0 Å². The monoisotopic (exact) mass is 481 g/mol. The average molecular weight is 482 g/mol. The molecule has 0 aliphatic rings. The van der Waals surface area contributed by atoms with E-state index in [1.165, 1.54) is 0 Å². The molecule has 29 heavy (non-hydrogen) atoms. The summed E-state index contributed by atoms with van der Waals surface area (Å²) in [7, 11) is -8.51. The Kier molecular flexibility index (Phi) is 11.4. The van der Waals surface area contributed by atoms with E-state index in [9.17, 15) is 9.90 Å². The first-order chi connectivity index (χ1) is 12.8. The van der Waals surface area contributed by atoms with Crippen LogP contribution in [-0.4, -0.2) is 64.1 Å². The van der Waals surface area contributed by atoms with Gasteiger partial charge in [0.25, 0.3) is 0 Å². The highest BCUT2D eigenvalue weighted by atomic mass is 28.5. The van der Waals surface area contributed by atoms with Gasteiger partial charge >= 0.3 is 8.80 Å². The van der Waals surface area contributed by atoms with Gasteiger partial charge in [0.15, 0.2) is 25.0 Å². The van der Waals surface area contributed by atoms with Crippen LogP contribution in [0.3, 0.4) is 0 Å². The van der Waals surface area contributed by atoms with E-state index in [1.807, 2.05) is 0 Å². The van der Waals surface area contributed by atoms with Crippen LogP contribution in [0.5, 0.6) is 0 Å². The number of aliphatic hydroxyl groups is 1. The Morgan fingerprint density at radius 2 is 1.34 bits per heavy atom. The van der Waals surface area contributed by atoms with E-state index in [-0.39, 0.29) is 18.6 Å².